The van der Waals surface area contributed by atoms with Crippen LogP contribution in [0.4, 0.5) is 0 Å². The van der Waals surface area contributed by atoms with Gasteiger partial charge in [0, 0.05) is 12.1 Å². The zero-order chi connectivity index (χ0) is 21.4. The number of aromatic nitrogens is 3. The summed E-state index contributed by atoms with van der Waals surface area (Å²) in [5.74, 6) is 5.87. The number of Topliss-reactive ketones (excluding diaryl/α,β-unsaturated/α-hetero) is 1. The molecule has 5 nitrogen and oxygen atoms in total. The first-order valence-electron chi connectivity index (χ1n) is 13.0. The van der Waals surface area contributed by atoms with E-state index < -0.39 is 5.60 Å². The molecule has 5 fully saturated rings. The summed E-state index contributed by atoms with van der Waals surface area (Å²) in [6.07, 6.45) is 15.7. The molecule has 0 aliphatic heterocycles. The Morgan fingerprint density at radius 3 is 2.58 bits per heavy atom. The highest BCUT2D eigenvalue weighted by Crippen LogP contribution is 2.70. The van der Waals surface area contributed by atoms with E-state index in [2.05, 4.69) is 24.2 Å². The molecule has 3 unspecified atom stereocenters. The standard InChI is InChI=1S/C26H39N3O2/c1-25(31)10-8-17-16(14-25)6-7-21-18(17)9-11-26(2)23(21)19-4-3-5-20(19)24(26)22(30)15-29-13-12-27-28-29/h12-13,16-21,23-24,31H,3-11,14-15H2,1-2H3/t16?,17-,18+,19+,20-,21?,23?,24+,25+,26-/m0/s1. The van der Waals surface area contributed by atoms with Gasteiger partial charge in [-0.3, -0.25) is 4.79 Å². The van der Waals surface area contributed by atoms with Crippen molar-refractivity contribution < 1.29 is 9.90 Å². The Kier molecular flexibility index (Phi) is 4.69. The van der Waals surface area contributed by atoms with E-state index in [1.165, 1.54) is 51.4 Å². The maximum absolute atomic E-state index is 13.7. The number of aliphatic hydroxyl groups is 1. The lowest BCUT2D eigenvalue weighted by Gasteiger charge is -2.57. The molecular formula is C26H39N3O2. The van der Waals surface area contributed by atoms with E-state index in [9.17, 15) is 9.90 Å². The molecule has 5 aliphatic carbocycles. The van der Waals surface area contributed by atoms with Crippen LogP contribution < -0.4 is 0 Å². The first kappa shape index (κ1) is 20.4. The second-order valence-electron chi connectivity index (χ2n) is 12.4. The van der Waals surface area contributed by atoms with Gasteiger partial charge in [0.2, 0.25) is 0 Å². The summed E-state index contributed by atoms with van der Waals surface area (Å²) in [5, 5.41) is 18.7. The van der Waals surface area contributed by atoms with Gasteiger partial charge in [-0.1, -0.05) is 18.6 Å². The van der Waals surface area contributed by atoms with E-state index in [-0.39, 0.29) is 11.3 Å². The van der Waals surface area contributed by atoms with Crippen molar-refractivity contribution in [2.45, 2.75) is 90.2 Å². The van der Waals surface area contributed by atoms with Crippen LogP contribution in [0, 0.1) is 52.8 Å². The minimum absolute atomic E-state index is 0.168. The molecule has 0 aromatic carbocycles. The summed E-state index contributed by atoms with van der Waals surface area (Å²) >= 11 is 0. The molecular weight excluding hydrogens is 386 g/mol. The van der Waals surface area contributed by atoms with Gasteiger partial charge in [-0.05, 0) is 112 Å². The monoisotopic (exact) mass is 425 g/mol. The summed E-state index contributed by atoms with van der Waals surface area (Å²) in [6, 6.07) is 0. The van der Waals surface area contributed by atoms with Gasteiger partial charge in [0.25, 0.3) is 0 Å². The third-order valence-electron chi connectivity index (χ3n) is 10.9. The zero-order valence-corrected chi connectivity index (χ0v) is 19.2. The van der Waals surface area contributed by atoms with Gasteiger partial charge in [0.15, 0.2) is 5.78 Å². The smallest absolute Gasteiger partial charge is 0.158 e. The predicted octanol–water partition coefficient (Wildman–Crippen LogP) is 4.50. The molecule has 1 heterocycles. The second kappa shape index (κ2) is 7.13. The van der Waals surface area contributed by atoms with Crippen LogP contribution in [-0.2, 0) is 11.3 Å². The lowest BCUT2D eigenvalue weighted by molar-refractivity contribution is -0.135. The number of hydrogen-bond donors (Lipinski definition) is 1. The number of rotatable bonds is 3. The largest absolute Gasteiger partial charge is 0.390 e. The van der Waals surface area contributed by atoms with Crippen molar-refractivity contribution in [3.05, 3.63) is 12.4 Å². The molecule has 5 saturated carbocycles. The fourth-order valence-electron chi connectivity index (χ4n) is 10.1. The number of hydrogen-bond acceptors (Lipinski definition) is 4. The topological polar surface area (TPSA) is 68.0 Å². The van der Waals surface area contributed by atoms with E-state index in [1.54, 1.807) is 10.9 Å². The molecule has 0 amide bonds. The minimum atomic E-state index is -0.444. The van der Waals surface area contributed by atoms with Crippen LogP contribution in [-0.4, -0.2) is 31.5 Å². The van der Waals surface area contributed by atoms with E-state index in [0.29, 0.717) is 18.2 Å². The molecule has 0 spiro atoms. The average Bonchev–Trinajstić information content (AvgIpc) is 3.43. The molecule has 6 rings (SSSR count). The molecule has 0 saturated heterocycles. The zero-order valence-electron chi connectivity index (χ0n) is 19.2. The fourth-order valence-corrected chi connectivity index (χ4v) is 10.1. The van der Waals surface area contributed by atoms with Crippen molar-refractivity contribution in [1.29, 1.82) is 0 Å². The van der Waals surface area contributed by atoms with Crippen LogP contribution in [0.15, 0.2) is 12.4 Å². The van der Waals surface area contributed by atoms with Gasteiger partial charge in [0.05, 0.1) is 11.8 Å². The summed E-state index contributed by atoms with van der Waals surface area (Å²) < 4.78 is 1.73. The fraction of sp³-hybridized carbons (Fsp3) is 0.885. The Morgan fingerprint density at radius 2 is 1.77 bits per heavy atom. The van der Waals surface area contributed by atoms with Crippen molar-refractivity contribution in [3.8, 4) is 0 Å². The molecule has 5 aliphatic rings. The first-order valence-corrected chi connectivity index (χ1v) is 13.0. The predicted molar refractivity (Wildman–Crippen MR) is 118 cm³/mol. The quantitative estimate of drug-likeness (QED) is 0.774. The maximum Gasteiger partial charge on any atom is 0.158 e. The number of nitrogens with zero attached hydrogens (tertiary/aromatic N) is 3. The molecule has 10 atom stereocenters. The average molecular weight is 426 g/mol. The van der Waals surface area contributed by atoms with Gasteiger partial charge >= 0.3 is 0 Å². The van der Waals surface area contributed by atoms with Crippen molar-refractivity contribution in [2.24, 2.45) is 52.8 Å². The summed E-state index contributed by atoms with van der Waals surface area (Å²) in [7, 11) is 0. The van der Waals surface area contributed by atoms with Gasteiger partial charge in [-0.25, -0.2) is 4.68 Å². The maximum atomic E-state index is 13.7. The van der Waals surface area contributed by atoms with Crippen LogP contribution in [0.2, 0.25) is 0 Å². The minimum Gasteiger partial charge on any atom is -0.390 e. The van der Waals surface area contributed by atoms with E-state index in [1.807, 2.05) is 6.20 Å². The highest BCUT2D eigenvalue weighted by molar-refractivity contribution is 5.82. The van der Waals surface area contributed by atoms with Crippen LogP contribution in [0.5, 0.6) is 0 Å². The van der Waals surface area contributed by atoms with Gasteiger partial charge in [0.1, 0.15) is 6.54 Å². The Labute approximate surface area is 186 Å². The Morgan fingerprint density at radius 1 is 1.00 bits per heavy atom. The number of ketones is 1. The molecule has 31 heavy (non-hydrogen) atoms. The summed E-state index contributed by atoms with van der Waals surface area (Å²) in [5.41, 5.74) is -0.276. The van der Waals surface area contributed by atoms with Crippen molar-refractivity contribution in [3.63, 3.8) is 0 Å². The number of carbonyl (C=O) groups is 1. The molecule has 1 aromatic heterocycles. The van der Waals surface area contributed by atoms with Crippen LogP contribution in [0.1, 0.15) is 78.1 Å². The number of fused-ring (bicyclic) bond motifs is 7. The highest BCUT2D eigenvalue weighted by Gasteiger charge is 2.65. The van der Waals surface area contributed by atoms with Crippen LogP contribution in [0.3, 0.4) is 0 Å². The van der Waals surface area contributed by atoms with E-state index in [4.69, 9.17) is 0 Å². The van der Waals surface area contributed by atoms with E-state index in [0.717, 1.165) is 48.3 Å². The second-order valence-corrected chi connectivity index (χ2v) is 12.4. The Hall–Kier alpha value is -1.23. The normalized spacial score (nSPS) is 50.9. The first-order chi connectivity index (χ1) is 14.9. The molecule has 0 radical (unpaired) electrons. The molecule has 1 N–H and O–H groups in total. The third-order valence-corrected chi connectivity index (χ3v) is 10.9. The van der Waals surface area contributed by atoms with Gasteiger partial charge in [-0.15, -0.1) is 5.10 Å². The highest BCUT2D eigenvalue weighted by atomic mass is 16.3. The lowest BCUT2D eigenvalue weighted by Crippen LogP contribution is -2.52. The molecule has 5 heteroatoms. The van der Waals surface area contributed by atoms with Gasteiger partial charge < -0.3 is 5.11 Å². The molecule has 1 aromatic rings. The summed E-state index contributed by atoms with van der Waals surface area (Å²) in [6.45, 7) is 4.94. The lowest BCUT2D eigenvalue weighted by atomic mass is 9.48. The Balaban J connectivity index is 1.29. The molecule has 170 valence electrons. The SMILES string of the molecule is C[C@@]1(O)CC[C@H]2C(CCC3C4[C@@H]5CCC[C@@H]5[C@H](C(=O)Cn5ccnn5)[C@@]4(C)CC[C@@H]32)C1. The van der Waals surface area contributed by atoms with E-state index >= 15 is 0 Å². The van der Waals surface area contributed by atoms with Crippen LogP contribution >= 0.6 is 0 Å². The van der Waals surface area contributed by atoms with Crippen molar-refractivity contribution >= 4 is 5.78 Å². The summed E-state index contributed by atoms with van der Waals surface area (Å²) in [4.78, 5) is 13.7. The molecule has 0 bridgehead atoms. The third kappa shape index (κ3) is 3.08. The van der Waals surface area contributed by atoms with Crippen LogP contribution in [0.25, 0.3) is 0 Å². The Bertz CT molecular complexity index is 836. The van der Waals surface area contributed by atoms with Crippen molar-refractivity contribution in [2.75, 3.05) is 0 Å². The number of carbonyl (C=O) groups excluding carboxylic acids is 1. The van der Waals surface area contributed by atoms with Crippen molar-refractivity contribution in [1.82, 2.24) is 15.0 Å². The van der Waals surface area contributed by atoms with Gasteiger partial charge in [-0.2, -0.15) is 0 Å².